The van der Waals surface area contributed by atoms with E-state index in [0.29, 0.717) is 5.56 Å². The molecule has 0 fully saturated rings. The summed E-state index contributed by atoms with van der Waals surface area (Å²) < 4.78 is 15.9. The highest BCUT2D eigenvalue weighted by Crippen LogP contribution is 2.21. The molecule has 2 heterocycles. The molecule has 0 bridgehead atoms. The number of rotatable bonds is 5. The van der Waals surface area contributed by atoms with Gasteiger partial charge in [0, 0.05) is 29.8 Å². The minimum absolute atomic E-state index is 0.146. The predicted molar refractivity (Wildman–Crippen MR) is 94.3 cm³/mol. The van der Waals surface area contributed by atoms with Crippen LogP contribution in [0.2, 0.25) is 0 Å². The minimum Gasteiger partial charge on any atom is -0.324 e. The summed E-state index contributed by atoms with van der Waals surface area (Å²) in [5.41, 5.74) is 1.37. The molecule has 1 aromatic carbocycles. The lowest BCUT2D eigenvalue weighted by Gasteiger charge is -2.10. The van der Waals surface area contributed by atoms with E-state index < -0.39 is 5.82 Å². The number of halogens is 1. The van der Waals surface area contributed by atoms with Gasteiger partial charge in [0.15, 0.2) is 0 Å². The summed E-state index contributed by atoms with van der Waals surface area (Å²) in [5.74, 6) is 0.0291. The van der Waals surface area contributed by atoms with Crippen molar-refractivity contribution in [2.75, 3.05) is 11.1 Å². The smallest absolute Gasteiger partial charge is 0.255 e. The van der Waals surface area contributed by atoms with Gasteiger partial charge in [0.1, 0.15) is 5.82 Å². The van der Waals surface area contributed by atoms with Gasteiger partial charge in [-0.25, -0.2) is 9.37 Å². The number of amides is 1. The third-order valence-corrected chi connectivity index (χ3v) is 4.20. The van der Waals surface area contributed by atoms with Crippen LogP contribution in [0.5, 0.6) is 0 Å². The number of carbonyl (C=O) groups is 1. The van der Waals surface area contributed by atoms with Gasteiger partial charge >= 0.3 is 0 Å². The molecule has 6 heteroatoms. The molecule has 0 aliphatic heterocycles. The zero-order valence-electron chi connectivity index (χ0n) is 13.1. The van der Waals surface area contributed by atoms with E-state index in [1.165, 1.54) is 6.07 Å². The topological polar surface area (TPSA) is 46.9 Å². The van der Waals surface area contributed by atoms with Crippen LogP contribution in [-0.4, -0.2) is 21.2 Å². The summed E-state index contributed by atoms with van der Waals surface area (Å²) in [6.07, 6.45) is 5.30. The molecule has 0 saturated heterocycles. The highest BCUT2D eigenvalue weighted by Gasteiger charge is 2.11. The van der Waals surface area contributed by atoms with Crippen molar-refractivity contribution in [1.82, 2.24) is 9.55 Å². The van der Waals surface area contributed by atoms with Gasteiger partial charge in [0.2, 0.25) is 0 Å². The van der Waals surface area contributed by atoms with Crippen LogP contribution in [0, 0.1) is 5.82 Å². The van der Waals surface area contributed by atoms with Crippen LogP contribution >= 0.6 is 11.8 Å². The van der Waals surface area contributed by atoms with Crippen molar-refractivity contribution in [2.45, 2.75) is 11.9 Å². The first kappa shape index (κ1) is 16.3. The van der Waals surface area contributed by atoms with E-state index >= 15 is 0 Å². The summed E-state index contributed by atoms with van der Waals surface area (Å²) in [6, 6.07) is 11.7. The molecule has 3 rings (SSSR count). The third-order valence-electron chi connectivity index (χ3n) is 3.39. The first-order valence-electron chi connectivity index (χ1n) is 7.50. The second-order valence-corrected chi connectivity index (χ2v) is 6.31. The zero-order chi connectivity index (χ0) is 16.9. The van der Waals surface area contributed by atoms with Gasteiger partial charge in [0.05, 0.1) is 10.7 Å². The number of pyridine rings is 1. The second-order valence-electron chi connectivity index (χ2n) is 5.02. The quantitative estimate of drug-likeness (QED) is 0.701. The lowest BCUT2D eigenvalue weighted by molar-refractivity contribution is 0.102. The molecule has 2 aromatic heterocycles. The Morgan fingerprint density at radius 1 is 1.25 bits per heavy atom. The molecule has 4 nitrogen and oxygen atoms in total. The number of aromatic nitrogens is 2. The number of thioether (sulfide) groups is 1. The van der Waals surface area contributed by atoms with Crippen LogP contribution in [0.25, 0.3) is 5.69 Å². The van der Waals surface area contributed by atoms with Crippen LogP contribution in [0.3, 0.4) is 0 Å². The van der Waals surface area contributed by atoms with Gasteiger partial charge in [0.25, 0.3) is 5.91 Å². The highest BCUT2D eigenvalue weighted by molar-refractivity contribution is 7.99. The Balaban J connectivity index is 1.84. The largest absolute Gasteiger partial charge is 0.324 e. The number of nitrogens with one attached hydrogen (secondary N) is 1. The summed E-state index contributed by atoms with van der Waals surface area (Å²) in [4.78, 5) is 16.6. The minimum atomic E-state index is -0.475. The molecule has 1 N–H and O–H groups in total. The number of hydrogen-bond donors (Lipinski definition) is 1. The number of hydrogen-bond acceptors (Lipinski definition) is 3. The Hall–Kier alpha value is -2.60. The van der Waals surface area contributed by atoms with Crippen LogP contribution in [0.1, 0.15) is 17.3 Å². The normalized spacial score (nSPS) is 10.6. The predicted octanol–water partition coefficient (Wildman–Crippen LogP) is 4.38. The van der Waals surface area contributed by atoms with Gasteiger partial charge in [-0.3, -0.25) is 4.79 Å². The van der Waals surface area contributed by atoms with Crippen LogP contribution < -0.4 is 5.32 Å². The number of anilines is 1. The standard InChI is InChI=1S/C18H16FN3OS/c1-2-24-17-11-13(7-8-20-17)18(23)21-16-12-14(5-6-15(16)19)22-9-3-4-10-22/h3-12H,2H2,1H3,(H,21,23). The van der Waals surface area contributed by atoms with Gasteiger partial charge in [-0.1, -0.05) is 6.92 Å². The fraction of sp³-hybridized carbons (Fsp3) is 0.111. The Morgan fingerprint density at radius 3 is 2.79 bits per heavy atom. The van der Waals surface area contributed by atoms with Crippen molar-refractivity contribution < 1.29 is 9.18 Å². The van der Waals surface area contributed by atoms with Crippen molar-refractivity contribution in [3.8, 4) is 5.69 Å². The lowest BCUT2D eigenvalue weighted by atomic mass is 10.2. The Labute approximate surface area is 143 Å². The highest BCUT2D eigenvalue weighted by atomic mass is 32.2. The number of carbonyl (C=O) groups excluding carboxylic acids is 1. The van der Waals surface area contributed by atoms with Crippen molar-refractivity contribution in [3.63, 3.8) is 0 Å². The monoisotopic (exact) mass is 341 g/mol. The van der Waals surface area contributed by atoms with Crippen molar-refractivity contribution in [3.05, 3.63) is 72.4 Å². The molecular formula is C18H16FN3OS. The molecule has 0 aliphatic carbocycles. The van der Waals surface area contributed by atoms with Gasteiger partial charge in [-0.2, -0.15) is 0 Å². The summed E-state index contributed by atoms with van der Waals surface area (Å²) in [5, 5.41) is 3.40. The SMILES string of the molecule is CCSc1cc(C(=O)Nc2cc(-n3cccc3)ccc2F)ccn1. The lowest BCUT2D eigenvalue weighted by Crippen LogP contribution is -2.13. The second kappa shape index (κ2) is 7.31. The molecule has 0 spiro atoms. The van der Waals surface area contributed by atoms with Gasteiger partial charge in [-0.15, -0.1) is 11.8 Å². The van der Waals surface area contributed by atoms with Crippen LogP contribution in [-0.2, 0) is 0 Å². The van der Waals surface area contributed by atoms with E-state index in [-0.39, 0.29) is 11.6 Å². The van der Waals surface area contributed by atoms with E-state index in [9.17, 15) is 9.18 Å². The summed E-state index contributed by atoms with van der Waals surface area (Å²) in [6.45, 7) is 2.02. The average molecular weight is 341 g/mol. The maximum absolute atomic E-state index is 14.0. The molecular weight excluding hydrogens is 325 g/mol. The molecule has 1 amide bonds. The number of nitrogens with zero attached hydrogens (tertiary/aromatic N) is 2. The summed E-state index contributed by atoms with van der Waals surface area (Å²) >= 11 is 1.55. The van der Waals surface area contributed by atoms with Crippen molar-refractivity contribution >= 4 is 23.4 Å². The van der Waals surface area contributed by atoms with E-state index in [4.69, 9.17) is 0 Å². The Morgan fingerprint density at radius 2 is 2.04 bits per heavy atom. The van der Waals surface area contributed by atoms with Crippen LogP contribution in [0.4, 0.5) is 10.1 Å². The van der Waals surface area contributed by atoms with Crippen molar-refractivity contribution in [1.29, 1.82) is 0 Å². The van der Waals surface area contributed by atoms with Crippen LogP contribution in [0.15, 0.2) is 66.1 Å². The van der Waals surface area contributed by atoms with E-state index in [0.717, 1.165) is 16.5 Å². The van der Waals surface area contributed by atoms with Gasteiger partial charge < -0.3 is 9.88 Å². The average Bonchev–Trinajstić information content (AvgIpc) is 3.12. The molecule has 0 radical (unpaired) electrons. The third kappa shape index (κ3) is 3.65. The van der Waals surface area contributed by atoms with E-state index in [2.05, 4.69) is 10.3 Å². The maximum Gasteiger partial charge on any atom is 0.255 e. The molecule has 24 heavy (non-hydrogen) atoms. The molecule has 122 valence electrons. The first-order chi connectivity index (χ1) is 11.7. The molecule has 0 saturated carbocycles. The first-order valence-corrected chi connectivity index (χ1v) is 8.49. The maximum atomic E-state index is 14.0. The Bertz CT molecular complexity index is 849. The summed E-state index contributed by atoms with van der Waals surface area (Å²) in [7, 11) is 0. The molecule has 3 aromatic rings. The zero-order valence-corrected chi connectivity index (χ0v) is 13.9. The fourth-order valence-electron chi connectivity index (χ4n) is 2.25. The van der Waals surface area contributed by atoms with E-state index in [1.54, 1.807) is 42.2 Å². The van der Waals surface area contributed by atoms with Crippen molar-refractivity contribution in [2.24, 2.45) is 0 Å². The fourth-order valence-corrected chi connectivity index (χ4v) is 2.89. The molecule has 0 atom stereocenters. The van der Waals surface area contributed by atoms with E-state index in [1.807, 2.05) is 36.0 Å². The Kier molecular flexibility index (Phi) is 4.96. The number of benzene rings is 1. The van der Waals surface area contributed by atoms with Gasteiger partial charge in [-0.05, 0) is 48.2 Å². The molecule has 0 unspecified atom stereocenters. The molecule has 0 aliphatic rings.